The topological polar surface area (TPSA) is 42.0 Å². The summed E-state index contributed by atoms with van der Waals surface area (Å²) in [5.41, 5.74) is 0.907. The highest BCUT2D eigenvalue weighted by atomic mass is 32.2. The molecule has 1 atom stereocenters. The molecule has 0 bridgehead atoms. The van der Waals surface area contributed by atoms with Crippen LogP contribution in [-0.2, 0) is 4.79 Å². The third kappa shape index (κ3) is 3.72. The molecule has 2 rings (SSSR count). The lowest BCUT2D eigenvalue weighted by atomic mass is 9.90. The third-order valence-corrected chi connectivity index (χ3v) is 4.67. The average molecular weight is 278 g/mol. The van der Waals surface area contributed by atoms with E-state index in [9.17, 15) is 4.79 Å². The summed E-state index contributed by atoms with van der Waals surface area (Å²) in [4.78, 5) is 17.7. The molecule has 1 unspecified atom stereocenters. The van der Waals surface area contributed by atoms with Gasteiger partial charge in [0.25, 0.3) is 0 Å². The largest absolute Gasteiger partial charge is 0.359 e. The molecule has 1 saturated carbocycles. The van der Waals surface area contributed by atoms with E-state index in [1.54, 1.807) is 18.8 Å². The predicted molar refractivity (Wildman–Crippen MR) is 79.4 cm³/mol. The Morgan fingerprint density at radius 1 is 1.47 bits per heavy atom. The molecule has 1 aromatic heterocycles. The number of rotatable bonds is 5. The summed E-state index contributed by atoms with van der Waals surface area (Å²) < 4.78 is 0. The molecule has 19 heavy (non-hydrogen) atoms. The van der Waals surface area contributed by atoms with Gasteiger partial charge >= 0.3 is 0 Å². The van der Waals surface area contributed by atoms with Crippen molar-refractivity contribution in [2.45, 2.75) is 42.9 Å². The van der Waals surface area contributed by atoms with Crippen molar-refractivity contribution in [3.8, 4) is 0 Å². The summed E-state index contributed by atoms with van der Waals surface area (Å²) in [6.45, 7) is 0. The van der Waals surface area contributed by atoms with E-state index in [-0.39, 0.29) is 11.8 Å². The van der Waals surface area contributed by atoms with Crippen LogP contribution in [0.25, 0.3) is 0 Å². The second-order valence-corrected chi connectivity index (χ2v) is 6.06. The van der Waals surface area contributed by atoms with Crippen LogP contribution in [0.4, 0.5) is 0 Å². The molecule has 1 N–H and O–H groups in total. The van der Waals surface area contributed by atoms with Crippen molar-refractivity contribution in [3.63, 3.8) is 0 Å². The van der Waals surface area contributed by atoms with Crippen molar-refractivity contribution in [2.24, 2.45) is 5.92 Å². The number of aromatic nitrogens is 1. The number of amides is 1. The summed E-state index contributed by atoms with van der Waals surface area (Å²) in [5, 5.41) is 2.78. The first-order valence-corrected chi connectivity index (χ1v) is 8.18. The van der Waals surface area contributed by atoms with Gasteiger partial charge in [0.2, 0.25) is 5.91 Å². The molecule has 104 valence electrons. The van der Waals surface area contributed by atoms with E-state index in [1.807, 2.05) is 18.5 Å². The lowest BCUT2D eigenvalue weighted by molar-refractivity contribution is -0.122. The van der Waals surface area contributed by atoms with Gasteiger partial charge in [-0.25, -0.2) is 0 Å². The highest BCUT2D eigenvalue weighted by Gasteiger charge is 2.26. The Kier molecular flexibility index (Phi) is 5.25. The molecule has 1 amide bonds. The van der Waals surface area contributed by atoms with E-state index >= 15 is 0 Å². The lowest BCUT2D eigenvalue weighted by Crippen LogP contribution is -2.27. The number of carbonyl (C=O) groups excluding carboxylic acids is 1. The Morgan fingerprint density at radius 2 is 2.21 bits per heavy atom. The molecule has 1 fully saturated rings. The SMILES string of the molecule is CNC(=O)C(CC1CCCC1)c1ccc(SC)cn1. The Bertz CT molecular complexity index is 413. The van der Waals surface area contributed by atoms with Gasteiger partial charge in [-0.15, -0.1) is 11.8 Å². The Balaban J connectivity index is 2.12. The Labute approximate surface area is 119 Å². The van der Waals surface area contributed by atoms with Gasteiger partial charge in [-0.2, -0.15) is 0 Å². The standard InChI is InChI=1S/C15H22N2OS/c1-16-15(18)13(9-11-5-3-4-6-11)14-8-7-12(19-2)10-17-14/h7-8,10-11,13H,3-6,9H2,1-2H3,(H,16,18). The van der Waals surface area contributed by atoms with Crippen LogP contribution in [0.3, 0.4) is 0 Å². The van der Waals surface area contributed by atoms with Crippen molar-refractivity contribution < 1.29 is 4.79 Å². The van der Waals surface area contributed by atoms with Crippen molar-refractivity contribution in [2.75, 3.05) is 13.3 Å². The monoisotopic (exact) mass is 278 g/mol. The van der Waals surface area contributed by atoms with Crippen LogP contribution in [0.1, 0.15) is 43.7 Å². The molecular formula is C15H22N2OS. The van der Waals surface area contributed by atoms with Crippen LogP contribution in [0, 0.1) is 5.92 Å². The van der Waals surface area contributed by atoms with Gasteiger partial charge < -0.3 is 5.32 Å². The van der Waals surface area contributed by atoms with Gasteiger partial charge in [-0.05, 0) is 30.7 Å². The maximum atomic E-state index is 12.1. The van der Waals surface area contributed by atoms with E-state index in [1.165, 1.54) is 25.7 Å². The lowest BCUT2D eigenvalue weighted by Gasteiger charge is -2.19. The highest BCUT2D eigenvalue weighted by molar-refractivity contribution is 7.98. The maximum absolute atomic E-state index is 12.1. The molecule has 0 spiro atoms. The number of hydrogen-bond donors (Lipinski definition) is 1. The fraction of sp³-hybridized carbons (Fsp3) is 0.600. The smallest absolute Gasteiger partial charge is 0.228 e. The molecule has 0 radical (unpaired) electrons. The first-order valence-electron chi connectivity index (χ1n) is 6.96. The van der Waals surface area contributed by atoms with Gasteiger partial charge in [0, 0.05) is 18.1 Å². The summed E-state index contributed by atoms with van der Waals surface area (Å²) in [5.74, 6) is 0.685. The van der Waals surface area contributed by atoms with Crippen LogP contribution in [-0.4, -0.2) is 24.2 Å². The summed E-state index contributed by atoms with van der Waals surface area (Å²) in [6.07, 6.45) is 9.97. The molecule has 0 saturated heterocycles. The maximum Gasteiger partial charge on any atom is 0.228 e. The molecule has 1 aliphatic rings. The van der Waals surface area contributed by atoms with E-state index in [2.05, 4.69) is 16.4 Å². The average Bonchev–Trinajstić information content (AvgIpc) is 2.97. The zero-order valence-corrected chi connectivity index (χ0v) is 12.5. The number of nitrogens with zero attached hydrogens (tertiary/aromatic N) is 1. The van der Waals surface area contributed by atoms with Gasteiger partial charge in [0.1, 0.15) is 0 Å². The van der Waals surface area contributed by atoms with Crippen LogP contribution in [0.2, 0.25) is 0 Å². The molecule has 1 aliphatic carbocycles. The molecule has 0 aromatic carbocycles. The number of thioether (sulfide) groups is 1. The molecule has 4 heteroatoms. The number of carbonyl (C=O) groups is 1. The van der Waals surface area contributed by atoms with Crippen LogP contribution < -0.4 is 5.32 Å². The fourth-order valence-corrected chi connectivity index (χ4v) is 3.20. The van der Waals surface area contributed by atoms with Gasteiger partial charge in [0.15, 0.2) is 0 Å². The fourth-order valence-electron chi connectivity index (χ4n) is 2.83. The van der Waals surface area contributed by atoms with Crippen molar-refractivity contribution in [1.82, 2.24) is 10.3 Å². The molecule has 1 heterocycles. The van der Waals surface area contributed by atoms with Crippen LogP contribution in [0.15, 0.2) is 23.2 Å². The number of pyridine rings is 1. The van der Waals surface area contributed by atoms with Crippen molar-refractivity contribution >= 4 is 17.7 Å². The van der Waals surface area contributed by atoms with Crippen molar-refractivity contribution in [1.29, 1.82) is 0 Å². The van der Waals surface area contributed by atoms with E-state index in [0.29, 0.717) is 5.92 Å². The van der Waals surface area contributed by atoms with Crippen LogP contribution >= 0.6 is 11.8 Å². The zero-order chi connectivity index (χ0) is 13.7. The van der Waals surface area contributed by atoms with Gasteiger partial charge in [-0.1, -0.05) is 25.7 Å². The van der Waals surface area contributed by atoms with Crippen molar-refractivity contribution in [3.05, 3.63) is 24.0 Å². The molecule has 3 nitrogen and oxygen atoms in total. The van der Waals surface area contributed by atoms with E-state index in [0.717, 1.165) is 17.0 Å². The first-order chi connectivity index (χ1) is 9.24. The highest BCUT2D eigenvalue weighted by Crippen LogP contribution is 2.34. The summed E-state index contributed by atoms with van der Waals surface area (Å²) in [7, 11) is 1.71. The third-order valence-electron chi connectivity index (χ3n) is 3.96. The minimum atomic E-state index is -0.0935. The second kappa shape index (κ2) is 6.94. The van der Waals surface area contributed by atoms with Crippen LogP contribution in [0.5, 0.6) is 0 Å². The molecule has 0 aliphatic heterocycles. The Hall–Kier alpha value is -1.03. The predicted octanol–water partition coefficient (Wildman–Crippen LogP) is 3.21. The minimum absolute atomic E-state index is 0.0935. The number of nitrogens with one attached hydrogen (secondary N) is 1. The minimum Gasteiger partial charge on any atom is -0.359 e. The summed E-state index contributed by atoms with van der Waals surface area (Å²) in [6, 6.07) is 4.05. The number of hydrogen-bond acceptors (Lipinski definition) is 3. The zero-order valence-electron chi connectivity index (χ0n) is 11.7. The van der Waals surface area contributed by atoms with Gasteiger partial charge in [0.05, 0.1) is 11.6 Å². The molecule has 1 aromatic rings. The quantitative estimate of drug-likeness (QED) is 0.841. The first kappa shape index (κ1) is 14.4. The van der Waals surface area contributed by atoms with E-state index < -0.39 is 0 Å². The molecular weight excluding hydrogens is 256 g/mol. The normalized spacial score (nSPS) is 17.4. The van der Waals surface area contributed by atoms with Gasteiger partial charge in [-0.3, -0.25) is 9.78 Å². The van der Waals surface area contributed by atoms with E-state index in [4.69, 9.17) is 0 Å². The second-order valence-electron chi connectivity index (χ2n) is 5.18. The number of likely N-dealkylation sites (N-methyl/N-ethyl adjacent to an activating group) is 1. The summed E-state index contributed by atoms with van der Waals surface area (Å²) >= 11 is 1.67. The Morgan fingerprint density at radius 3 is 2.74 bits per heavy atom.